The van der Waals surface area contributed by atoms with E-state index in [9.17, 15) is 4.79 Å². The zero-order valence-corrected chi connectivity index (χ0v) is 14.5. The van der Waals surface area contributed by atoms with Gasteiger partial charge < -0.3 is 11.1 Å². The summed E-state index contributed by atoms with van der Waals surface area (Å²) in [6.45, 7) is 4.55. The Hall–Kier alpha value is -1.36. The van der Waals surface area contributed by atoms with Crippen molar-refractivity contribution in [3.8, 4) is 0 Å². The number of para-hydroxylation sites is 1. The molecule has 4 nitrogen and oxygen atoms in total. The van der Waals surface area contributed by atoms with Crippen LogP contribution in [-0.2, 0) is 0 Å². The van der Waals surface area contributed by atoms with Crippen LogP contribution in [0.5, 0.6) is 0 Å². The van der Waals surface area contributed by atoms with Gasteiger partial charge in [-0.05, 0) is 25.0 Å². The van der Waals surface area contributed by atoms with Gasteiger partial charge in [0.2, 0.25) is 0 Å². The highest BCUT2D eigenvalue weighted by atomic mass is 35.5. The summed E-state index contributed by atoms with van der Waals surface area (Å²) in [5.74, 6) is -0.119. The van der Waals surface area contributed by atoms with Gasteiger partial charge in [0.1, 0.15) is 0 Å². The number of amides is 1. The molecule has 0 fully saturated rings. The van der Waals surface area contributed by atoms with Gasteiger partial charge in [-0.15, -0.1) is 24.8 Å². The fourth-order valence-electron chi connectivity index (χ4n) is 2.14. The van der Waals surface area contributed by atoms with Crippen LogP contribution in [0.4, 0.5) is 0 Å². The van der Waals surface area contributed by atoms with Gasteiger partial charge in [0.25, 0.3) is 5.91 Å². The maximum Gasteiger partial charge on any atom is 0.253 e. The topological polar surface area (TPSA) is 68.0 Å². The predicted molar refractivity (Wildman–Crippen MR) is 96.1 cm³/mol. The highest BCUT2D eigenvalue weighted by molar-refractivity contribution is 6.05. The molecule has 0 atom stereocenters. The van der Waals surface area contributed by atoms with Crippen LogP contribution in [-0.4, -0.2) is 23.0 Å². The smallest absolute Gasteiger partial charge is 0.253 e. The minimum Gasteiger partial charge on any atom is -0.350 e. The maximum absolute atomic E-state index is 12.3. The first-order valence-electron chi connectivity index (χ1n) is 7.00. The van der Waals surface area contributed by atoms with Crippen molar-refractivity contribution < 1.29 is 4.79 Å². The predicted octanol–water partition coefficient (Wildman–Crippen LogP) is 3.33. The number of fused-ring (bicyclic) bond motifs is 1. The average molecular weight is 344 g/mol. The monoisotopic (exact) mass is 343 g/mol. The first-order valence-corrected chi connectivity index (χ1v) is 7.00. The maximum atomic E-state index is 12.3. The summed E-state index contributed by atoms with van der Waals surface area (Å²) < 4.78 is 0. The van der Waals surface area contributed by atoms with Crippen molar-refractivity contribution in [3.05, 3.63) is 42.1 Å². The molecule has 122 valence electrons. The zero-order valence-electron chi connectivity index (χ0n) is 12.8. The Bertz CT molecular complexity index is 610. The second-order valence-corrected chi connectivity index (χ2v) is 5.13. The summed E-state index contributed by atoms with van der Waals surface area (Å²) >= 11 is 0. The molecule has 2 rings (SSSR count). The summed E-state index contributed by atoms with van der Waals surface area (Å²) in [6, 6.07) is 9.42. The van der Waals surface area contributed by atoms with Gasteiger partial charge in [-0.2, -0.15) is 0 Å². The molecule has 1 aromatic carbocycles. The van der Waals surface area contributed by atoms with Gasteiger partial charge in [-0.1, -0.05) is 32.0 Å². The number of halogens is 2. The first-order chi connectivity index (χ1) is 9.59. The van der Waals surface area contributed by atoms with E-state index >= 15 is 0 Å². The van der Waals surface area contributed by atoms with Gasteiger partial charge in [0.05, 0.1) is 11.1 Å². The molecule has 0 saturated carbocycles. The molecule has 0 aliphatic carbocycles. The van der Waals surface area contributed by atoms with Gasteiger partial charge in [0.15, 0.2) is 0 Å². The molecule has 0 bridgehead atoms. The Morgan fingerprint density at radius 2 is 1.82 bits per heavy atom. The second kappa shape index (κ2) is 8.93. The first kappa shape index (κ1) is 20.6. The van der Waals surface area contributed by atoms with Crippen molar-refractivity contribution in [1.29, 1.82) is 0 Å². The van der Waals surface area contributed by atoms with Crippen molar-refractivity contribution in [2.24, 2.45) is 5.73 Å². The number of hydrogen-bond acceptors (Lipinski definition) is 3. The van der Waals surface area contributed by atoms with Crippen LogP contribution in [0.1, 0.15) is 37.0 Å². The number of carbonyl (C=O) groups is 1. The minimum atomic E-state index is -0.340. The van der Waals surface area contributed by atoms with Crippen LogP contribution in [0.15, 0.2) is 36.5 Å². The molecule has 3 N–H and O–H groups in total. The Balaban J connectivity index is 0.00000220. The molecule has 1 heterocycles. The van der Waals surface area contributed by atoms with E-state index in [0.717, 1.165) is 23.7 Å². The van der Waals surface area contributed by atoms with E-state index in [4.69, 9.17) is 5.73 Å². The lowest BCUT2D eigenvalue weighted by atomic mass is 9.94. The molecule has 0 unspecified atom stereocenters. The molecule has 6 heteroatoms. The lowest BCUT2D eigenvalue weighted by Gasteiger charge is -2.26. The molecule has 0 aliphatic rings. The Kier molecular flexibility index (Phi) is 8.38. The normalized spacial score (nSPS) is 10.5. The number of hydrogen-bond donors (Lipinski definition) is 2. The third-order valence-corrected chi connectivity index (χ3v) is 3.89. The van der Waals surface area contributed by atoms with E-state index in [-0.39, 0.29) is 36.3 Å². The third kappa shape index (κ3) is 4.57. The Labute approximate surface area is 143 Å². The van der Waals surface area contributed by atoms with Gasteiger partial charge >= 0.3 is 0 Å². The fraction of sp³-hybridized carbons (Fsp3) is 0.375. The van der Waals surface area contributed by atoms with Gasteiger partial charge in [0, 0.05) is 23.7 Å². The summed E-state index contributed by atoms with van der Waals surface area (Å²) in [6.07, 6.45) is 3.36. The summed E-state index contributed by atoms with van der Waals surface area (Å²) in [5, 5.41) is 3.89. The third-order valence-electron chi connectivity index (χ3n) is 3.89. The molecule has 1 amide bonds. The standard InChI is InChI=1S/C16H21N3O.2ClH/c1-3-16(17,4-2)11-19-15(20)13-9-5-7-12-8-6-10-18-14(12)13;;/h5-10H,3-4,11,17H2,1-2H3,(H,19,20);2*1H. The fourth-order valence-corrected chi connectivity index (χ4v) is 2.14. The largest absolute Gasteiger partial charge is 0.350 e. The van der Waals surface area contributed by atoms with Gasteiger partial charge in [-0.3, -0.25) is 9.78 Å². The molecular weight excluding hydrogens is 321 g/mol. The van der Waals surface area contributed by atoms with Crippen LogP contribution < -0.4 is 11.1 Å². The van der Waals surface area contributed by atoms with Crippen LogP contribution in [0.3, 0.4) is 0 Å². The Morgan fingerprint density at radius 1 is 1.18 bits per heavy atom. The van der Waals surface area contributed by atoms with E-state index in [1.165, 1.54) is 0 Å². The second-order valence-electron chi connectivity index (χ2n) is 5.13. The summed E-state index contributed by atoms with van der Waals surface area (Å²) in [4.78, 5) is 16.6. The van der Waals surface area contributed by atoms with Crippen LogP contribution in [0.25, 0.3) is 10.9 Å². The number of benzene rings is 1. The number of nitrogens with zero attached hydrogens (tertiary/aromatic N) is 1. The molecule has 0 radical (unpaired) electrons. The molecule has 0 spiro atoms. The van der Waals surface area contributed by atoms with Crippen molar-refractivity contribution in [2.75, 3.05) is 6.54 Å². The van der Waals surface area contributed by atoms with E-state index in [2.05, 4.69) is 10.3 Å². The molecule has 1 aromatic heterocycles. The van der Waals surface area contributed by atoms with E-state index in [1.54, 1.807) is 12.3 Å². The van der Waals surface area contributed by atoms with E-state index in [1.807, 2.05) is 38.1 Å². The van der Waals surface area contributed by atoms with Crippen molar-refractivity contribution >= 4 is 41.6 Å². The number of rotatable bonds is 5. The van der Waals surface area contributed by atoms with Crippen LogP contribution >= 0.6 is 24.8 Å². The lowest BCUT2D eigenvalue weighted by Crippen LogP contribution is -2.49. The van der Waals surface area contributed by atoms with Crippen molar-refractivity contribution in [3.63, 3.8) is 0 Å². The molecule has 2 aromatic rings. The van der Waals surface area contributed by atoms with Crippen molar-refractivity contribution in [2.45, 2.75) is 32.2 Å². The number of nitrogens with one attached hydrogen (secondary N) is 1. The van der Waals surface area contributed by atoms with E-state index in [0.29, 0.717) is 12.1 Å². The minimum absolute atomic E-state index is 0. The quantitative estimate of drug-likeness (QED) is 0.874. The summed E-state index contributed by atoms with van der Waals surface area (Å²) in [7, 11) is 0. The van der Waals surface area contributed by atoms with Crippen molar-refractivity contribution in [1.82, 2.24) is 10.3 Å². The lowest BCUT2D eigenvalue weighted by molar-refractivity contribution is 0.0943. The van der Waals surface area contributed by atoms with E-state index < -0.39 is 0 Å². The van der Waals surface area contributed by atoms with Gasteiger partial charge in [-0.25, -0.2) is 0 Å². The SMILES string of the molecule is CCC(N)(CC)CNC(=O)c1cccc2cccnc12.Cl.Cl. The molecule has 0 aliphatic heterocycles. The highest BCUT2D eigenvalue weighted by Gasteiger charge is 2.21. The molecule has 0 saturated heterocycles. The average Bonchev–Trinajstić information content (AvgIpc) is 2.51. The number of pyridine rings is 1. The van der Waals surface area contributed by atoms with Crippen LogP contribution in [0.2, 0.25) is 0 Å². The highest BCUT2D eigenvalue weighted by Crippen LogP contribution is 2.16. The number of aromatic nitrogens is 1. The van der Waals surface area contributed by atoms with Crippen LogP contribution in [0, 0.1) is 0 Å². The number of carbonyl (C=O) groups excluding carboxylic acids is 1. The summed E-state index contributed by atoms with van der Waals surface area (Å²) in [5.41, 5.74) is 7.19. The molecule has 22 heavy (non-hydrogen) atoms. The number of nitrogens with two attached hydrogens (primary N) is 1. The molecular formula is C16H23Cl2N3O. The zero-order chi connectivity index (χ0) is 14.6. The Morgan fingerprint density at radius 3 is 2.45 bits per heavy atom.